The van der Waals surface area contributed by atoms with Gasteiger partial charge in [-0.2, -0.15) is 0 Å². The lowest BCUT2D eigenvalue weighted by Crippen LogP contribution is -2.49. The number of hydrogen-bond donors (Lipinski definition) is 1. The number of nitrogens with two attached hydrogens (primary N) is 1. The first-order chi connectivity index (χ1) is 9.67. The molecule has 0 bridgehead atoms. The molecule has 2 saturated heterocycles. The van der Waals surface area contributed by atoms with Crippen molar-refractivity contribution in [2.45, 2.75) is 32.2 Å². The van der Waals surface area contributed by atoms with Crippen molar-refractivity contribution in [3.05, 3.63) is 22.4 Å². The Balaban J connectivity index is 1.50. The zero-order chi connectivity index (χ0) is 14.0. The van der Waals surface area contributed by atoms with Crippen LogP contribution in [0.2, 0.25) is 0 Å². The van der Waals surface area contributed by atoms with Crippen molar-refractivity contribution in [3.63, 3.8) is 0 Å². The van der Waals surface area contributed by atoms with E-state index in [1.54, 1.807) is 4.90 Å². The summed E-state index contributed by atoms with van der Waals surface area (Å²) in [4.78, 5) is 17.0. The highest BCUT2D eigenvalue weighted by Crippen LogP contribution is 2.41. The van der Waals surface area contributed by atoms with Crippen LogP contribution in [-0.2, 0) is 6.54 Å². The molecule has 2 N–H and O–H groups in total. The monoisotopic (exact) mass is 293 g/mol. The zero-order valence-electron chi connectivity index (χ0n) is 11.9. The van der Waals surface area contributed by atoms with E-state index in [0.717, 1.165) is 32.5 Å². The van der Waals surface area contributed by atoms with Crippen LogP contribution in [0.4, 0.5) is 4.79 Å². The van der Waals surface area contributed by atoms with E-state index < -0.39 is 0 Å². The summed E-state index contributed by atoms with van der Waals surface area (Å²) in [6.45, 7) is 5.17. The molecule has 2 amide bonds. The molecule has 0 radical (unpaired) electrons. The summed E-state index contributed by atoms with van der Waals surface area (Å²) in [5.74, 6) is 0. The summed E-state index contributed by atoms with van der Waals surface area (Å²) < 4.78 is 0. The Bertz CT molecular complexity index is 442. The third kappa shape index (κ3) is 2.99. The molecule has 3 rings (SSSR count). The van der Waals surface area contributed by atoms with E-state index >= 15 is 0 Å². The smallest absolute Gasteiger partial charge is 0.314 e. The van der Waals surface area contributed by atoms with Gasteiger partial charge in [-0.1, -0.05) is 6.07 Å². The highest BCUT2D eigenvalue weighted by atomic mass is 32.1. The Labute approximate surface area is 124 Å². The molecule has 0 saturated carbocycles. The van der Waals surface area contributed by atoms with E-state index in [1.807, 2.05) is 11.3 Å². The molecule has 1 spiro atoms. The zero-order valence-corrected chi connectivity index (χ0v) is 12.7. The summed E-state index contributed by atoms with van der Waals surface area (Å²) in [6, 6.07) is 4.10. The van der Waals surface area contributed by atoms with Gasteiger partial charge in [0.25, 0.3) is 0 Å². The molecular weight excluding hydrogens is 270 g/mol. The van der Waals surface area contributed by atoms with Crippen LogP contribution in [-0.4, -0.2) is 42.0 Å². The summed E-state index contributed by atoms with van der Waals surface area (Å²) >= 11 is 1.85. The predicted octanol–water partition coefficient (Wildman–Crippen LogP) is 2.50. The van der Waals surface area contributed by atoms with E-state index in [4.69, 9.17) is 5.73 Å². The Morgan fingerprint density at radius 3 is 2.40 bits per heavy atom. The second kappa shape index (κ2) is 5.74. The number of nitrogens with zero attached hydrogens (tertiary/aromatic N) is 2. The van der Waals surface area contributed by atoms with Crippen molar-refractivity contribution in [1.82, 2.24) is 9.80 Å². The maximum Gasteiger partial charge on any atom is 0.314 e. The molecule has 3 heterocycles. The fraction of sp³-hybridized carbons (Fsp3) is 0.667. The minimum Gasteiger partial charge on any atom is -0.351 e. The van der Waals surface area contributed by atoms with E-state index in [-0.39, 0.29) is 6.03 Å². The van der Waals surface area contributed by atoms with Gasteiger partial charge in [-0.3, -0.25) is 4.90 Å². The molecule has 1 aromatic heterocycles. The summed E-state index contributed by atoms with van der Waals surface area (Å²) in [5, 5.41) is 2.15. The molecule has 0 unspecified atom stereocenters. The van der Waals surface area contributed by atoms with E-state index in [1.165, 1.54) is 30.8 Å². The van der Waals surface area contributed by atoms with Crippen LogP contribution in [0.1, 0.15) is 30.6 Å². The Morgan fingerprint density at radius 2 is 1.85 bits per heavy atom. The number of hydrogen-bond acceptors (Lipinski definition) is 3. The van der Waals surface area contributed by atoms with Crippen molar-refractivity contribution in [2.24, 2.45) is 11.1 Å². The lowest BCUT2D eigenvalue weighted by atomic mass is 9.71. The van der Waals surface area contributed by atoms with Gasteiger partial charge in [-0.05, 0) is 55.6 Å². The lowest BCUT2D eigenvalue weighted by molar-refractivity contribution is 0.0440. The van der Waals surface area contributed by atoms with Gasteiger partial charge in [0.2, 0.25) is 0 Å². The van der Waals surface area contributed by atoms with Crippen LogP contribution in [0, 0.1) is 5.41 Å². The number of amides is 2. The highest BCUT2D eigenvalue weighted by Gasteiger charge is 2.38. The van der Waals surface area contributed by atoms with E-state index in [9.17, 15) is 4.79 Å². The van der Waals surface area contributed by atoms with E-state index in [0.29, 0.717) is 5.41 Å². The first kappa shape index (κ1) is 13.9. The number of primary amides is 1. The number of urea groups is 1. The minimum absolute atomic E-state index is 0.255. The highest BCUT2D eigenvalue weighted by molar-refractivity contribution is 7.09. The molecule has 1 aromatic rings. The molecule has 20 heavy (non-hydrogen) atoms. The van der Waals surface area contributed by atoms with Crippen molar-refractivity contribution in [1.29, 1.82) is 0 Å². The molecule has 2 fully saturated rings. The average Bonchev–Trinajstić information content (AvgIpc) is 2.95. The van der Waals surface area contributed by atoms with Crippen LogP contribution in [0.3, 0.4) is 0 Å². The van der Waals surface area contributed by atoms with Gasteiger partial charge < -0.3 is 10.6 Å². The van der Waals surface area contributed by atoms with Gasteiger partial charge >= 0.3 is 6.03 Å². The largest absolute Gasteiger partial charge is 0.351 e. The lowest BCUT2D eigenvalue weighted by Gasteiger charge is -2.46. The molecule has 2 aliphatic heterocycles. The maximum absolute atomic E-state index is 11.2. The van der Waals surface area contributed by atoms with Crippen molar-refractivity contribution < 1.29 is 4.79 Å². The Hall–Kier alpha value is -1.07. The maximum atomic E-state index is 11.2. The quantitative estimate of drug-likeness (QED) is 0.911. The molecule has 2 aliphatic rings. The third-order valence-corrected chi connectivity index (χ3v) is 5.87. The van der Waals surface area contributed by atoms with Crippen molar-refractivity contribution in [2.75, 3.05) is 26.2 Å². The van der Waals surface area contributed by atoms with Gasteiger partial charge in [0, 0.05) is 24.5 Å². The second-order valence-electron chi connectivity index (χ2n) is 6.18. The number of carbonyl (C=O) groups excluding carboxylic acids is 1. The van der Waals surface area contributed by atoms with Crippen LogP contribution in [0.25, 0.3) is 0 Å². The second-order valence-corrected chi connectivity index (χ2v) is 7.21. The first-order valence-electron chi connectivity index (χ1n) is 7.46. The molecule has 0 atom stereocenters. The normalized spacial score (nSPS) is 23.1. The molecule has 0 aromatic carbocycles. The van der Waals surface area contributed by atoms with Gasteiger partial charge in [0.15, 0.2) is 0 Å². The summed E-state index contributed by atoms with van der Waals surface area (Å²) in [6.07, 6.45) is 4.79. The SMILES string of the molecule is NC(=O)N1CCC2(CCN(Cc3cccs3)CC2)CC1. The minimum atomic E-state index is -0.255. The van der Waals surface area contributed by atoms with Gasteiger partial charge in [-0.15, -0.1) is 11.3 Å². The van der Waals surface area contributed by atoms with Crippen LogP contribution in [0.5, 0.6) is 0 Å². The molecule has 4 nitrogen and oxygen atoms in total. The first-order valence-corrected chi connectivity index (χ1v) is 8.34. The van der Waals surface area contributed by atoms with Gasteiger partial charge in [0.1, 0.15) is 0 Å². The molecular formula is C15H23N3OS. The standard InChI is InChI=1S/C15H23N3OS/c16-14(19)18-9-5-15(6-10-18)3-7-17(8-4-15)12-13-2-1-11-20-13/h1-2,11H,3-10,12H2,(H2,16,19). The van der Waals surface area contributed by atoms with Crippen LogP contribution in [0.15, 0.2) is 17.5 Å². The molecule has 0 aliphatic carbocycles. The van der Waals surface area contributed by atoms with E-state index in [2.05, 4.69) is 22.4 Å². The average molecular weight is 293 g/mol. The number of rotatable bonds is 2. The fourth-order valence-electron chi connectivity index (χ4n) is 3.51. The fourth-order valence-corrected chi connectivity index (χ4v) is 4.26. The molecule has 110 valence electrons. The van der Waals surface area contributed by atoms with Crippen LogP contribution >= 0.6 is 11.3 Å². The summed E-state index contributed by atoms with van der Waals surface area (Å²) in [7, 11) is 0. The topological polar surface area (TPSA) is 49.6 Å². The molecule has 5 heteroatoms. The van der Waals surface area contributed by atoms with Crippen LogP contribution < -0.4 is 5.73 Å². The summed E-state index contributed by atoms with van der Waals surface area (Å²) in [5.41, 5.74) is 5.83. The van der Waals surface area contributed by atoms with Gasteiger partial charge in [-0.25, -0.2) is 4.79 Å². The van der Waals surface area contributed by atoms with Crippen molar-refractivity contribution >= 4 is 17.4 Å². The number of carbonyl (C=O) groups is 1. The number of likely N-dealkylation sites (tertiary alicyclic amines) is 2. The predicted molar refractivity (Wildman–Crippen MR) is 81.7 cm³/mol. The Kier molecular flexibility index (Phi) is 3.98. The number of piperidine rings is 2. The third-order valence-electron chi connectivity index (χ3n) is 5.01. The van der Waals surface area contributed by atoms with Gasteiger partial charge in [0.05, 0.1) is 0 Å². The Morgan fingerprint density at radius 1 is 1.20 bits per heavy atom. The number of thiophene rings is 1. The van der Waals surface area contributed by atoms with Crippen molar-refractivity contribution in [3.8, 4) is 0 Å².